The number of aromatic amines is 1. The highest BCUT2D eigenvalue weighted by Crippen LogP contribution is 2.25. The maximum atomic E-state index is 12.9. The average molecular weight is 376 g/mol. The Morgan fingerprint density at radius 3 is 2.75 bits per heavy atom. The molecule has 0 radical (unpaired) electrons. The number of hydrogen-bond donors (Lipinski definition) is 1. The van der Waals surface area contributed by atoms with Crippen LogP contribution in [0.2, 0.25) is 0 Å². The van der Waals surface area contributed by atoms with E-state index < -0.39 is 0 Å². The van der Waals surface area contributed by atoms with Crippen molar-refractivity contribution >= 4 is 11.9 Å². The van der Waals surface area contributed by atoms with E-state index in [-0.39, 0.29) is 5.91 Å². The SMILES string of the molecule is O=C(c1cc(-c2ccccc2)n[nH]1)N1Cc2cnc(N3CCOCC3)nc2C1. The first-order chi connectivity index (χ1) is 13.8. The fourth-order valence-corrected chi connectivity index (χ4v) is 3.56. The molecule has 4 heterocycles. The first kappa shape index (κ1) is 16.9. The Bertz CT molecular complexity index is 997. The molecule has 28 heavy (non-hydrogen) atoms. The molecule has 1 saturated heterocycles. The first-order valence-electron chi connectivity index (χ1n) is 9.35. The first-order valence-corrected chi connectivity index (χ1v) is 9.35. The molecule has 1 amide bonds. The lowest BCUT2D eigenvalue weighted by atomic mass is 10.1. The number of anilines is 1. The van der Waals surface area contributed by atoms with Gasteiger partial charge in [0, 0.05) is 37.0 Å². The monoisotopic (exact) mass is 376 g/mol. The van der Waals surface area contributed by atoms with Crippen molar-refractivity contribution in [2.75, 3.05) is 31.2 Å². The molecule has 1 fully saturated rings. The molecule has 1 aromatic carbocycles. The maximum absolute atomic E-state index is 12.9. The number of amides is 1. The Labute approximate surface area is 162 Å². The number of hydrogen-bond acceptors (Lipinski definition) is 6. The number of aromatic nitrogens is 4. The highest BCUT2D eigenvalue weighted by molar-refractivity contribution is 5.93. The molecule has 0 atom stereocenters. The van der Waals surface area contributed by atoms with Crippen LogP contribution in [-0.2, 0) is 17.8 Å². The molecule has 5 rings (SSSR count). The molecule has 0 aliphatic carbocycles. The van der Waals surface area contributed by atoms with Crippen LogP contribution in [0.3, 0.4) is 0 Å². The second-order valence-electron chi connectivity index (χ2n) is 6.94. The molecular weight excluding hydrogens is 356 g/mol. The lowest BCUT2D eigenvalue weighted by Crippen LogP contribution is -2.37. The lowest BCUT2D eigenvalue weighted by molar-refractivity contribution is 0.0744. The van der Waals surface area contributed by atoms with Gasteiger partial charge >= 0.3 is 0 Å². The molecule has 0 spiro atoms. The topological polar surface area (TPSA) is 87.2 Å². The van der Waals surface area contributed by atoms with Gasteiger partial charge in [-0.15, -0.1) is 0 Å². The molecule has 2 aromatic heterocycles. The molecule has 0 unspecified atom stereocenters. The number of nitrogens with one attached hydrogen (secondary N) is 1. The van der Waals surface area contributed by atoms with E-state index in [1.165, 1.54) is 0 Å². The van der Waals surface area contributed by atoms with Crippen LogP contribution >= 0.6 is 0 Å². The standard InChI is InChI=1S/C20H20N6O2/c27-19(17-10-16(23-24-17)14-4-2-1-3-5-14)26-12-15-11-21-20(22-18(15)13-26)25-6-8-28-9-7-25/h1-5,10-11H,6-9,12-13H2,(H,23,24). The third kappa shape index (κ3) is 3.11. The molecule has 2 aliphatic rings. The average Bonchev–Trinajstić information content (AvgIpc) is 3.41. The molecule has 142 valence electrons. The summed E-state index contributed by atoms with van der Waals surface area (Å²) in [6, 6.07) is 11.6. The summed E-state index contributed by atoms with van der Waals surface area (Å²) in [4.78, 5) is 26.0. The van der Waals surface area contributed by atoms with Gasteiger partial charge in [0.15, 0.2) is 0 Å². The van der Waals surface area contributed by atoms with Crippen molar-refractivity contribution in [3.8, 4) is 11.3 Å². The number of morpholine rings is 1. The number of carbonyl (C=O) groups excluding carboxylic acids is 1. The van der Waals surface area contributed by atoms with Crippen molar-refractivity contribution in [3.63, 3.8) is 0 Å². The van der Waals surface area contributed by atoms with Gasteiger partial charge in [0.2, 0.25) is 5.95 Å². The zero-order valence-corrected chi connectivity index (χ0v) is 15.3. The van der Waals surface area contributed by atoms with Gasteiger partial charge in [-0.2, -0.15) is 5.10 Å². The Hall–Kier alpha value is -3.26. The van der Waals surface area contributed by atoms with Gasteiger partial charge in [0.1, 0.15) is 5.69 Å². The van der Waals surface area contributed by atoms with Crippen LogP contribution in [0.4, 0.5) is 5.95 Å². The van der Waals surface area contributed by atoms with Crippen molar-refractivity contribution in [2.45, 2.75) is 13.1 Å². The van der Waals surface area contributed by atoms with Gasteiger partial charge in [0.25, 0.3) is 5.91 Å². The largest absolute Gasteiger partial charge is 0.378 e. The fourth-order valence-electron chi connectivity index (χ4n) is 3.56. The number of H-pyrrole nitrogens is 1. The number of fused-ring (bicyclic) bond motifs is 1. The van der Waals surface area contributed by atoms with Crippen molar-refractivity contribution in [2.24, 2.45) is 0 Å². The molecular formula is C20H20N6O2. The summed E-state index contributed by atoms with van der Waals surface area (Å²) in [5.74, 6) is 0.629. The van der Waals surface area contributed by atoms with E-state index in [1.807, 2.05) is 36.5 Å². The Morgan fingerprint density at radius 2 is 1.93 bits per heavy atom. The van der Waals surface area contributed by atoms with E-state index in [0.29, 0.717) is 37.9 Å². The number of ether oxygens (including phenoxy) is 1. The van der Waals surface area contributed by atoms with Crippen LogP contribution in [-0.4, -0.2) is 57.3 Å². The predicted octanol–water partition coefficient (Wildman–Crippen LogP) is 1.86. The Balaban J connectivity index is 1.32. The van der Waals surface area contributed by atoms with Gasteiger partial charge < -0.3 is 14.5 Å². The summed E-state index contributed by atoms with van der Waals surface area (Å²) in [7, 11) is 0. The molecule has 1 N–H and O–H groups in total. The van der Waals surface area contributed by atoms with Crippen LogP contribution in [0.15, 0.2) is 42.6 Å². The second kappa shape index (κ2) is 7.05. The van der Waals surface area contributed by atoms with E-state index in [1.54, 1.807) is 11.0 Å². The smallest absolute Gasteiger partial charge is 0.272 e. The van der Waals surface area contributed by atoms with E-state index in [9.17, 15) is 4.79 Å². The minimum Gasteiger partial charge on any atom is -0.378 e. The van der Waals surface area contributed by atoms with Crippen molar-refractivity contribution in [1.82, 2.24) is 25.1 Å². The minimum atomic E-state index is -0.0828. The number of nitrogens with zero attached hydrogens (tertiary/aromatic N) is 5. The number of benzene rings is 1. The van der Waals surface area contributed by atoms with Crippen LogP contribution in [0.5, 0.6) is 0 Å². The van der Waals surface area contributed by atoms with E-state index >= 15 is 0 Å². The molecule has 0 saturated carbocycles. The molecule has 2 aliphatic heterocycles. The van der Waals surface area contributed by atoms with Gasteiger partial charge in [-0.1, -0.05) is 30.3 Å². The number of carbonyl (C=O) groups is 1. The third-order valence-electron chi connectivity index (χ3n) is 5.10. The van der Waals surface area contributed by atoms with Gasteiger partial charge in [0.05, 0.1) is 31.1 Å². The molecule has 8 nitrogen and oxygen atoms in total. The van der Waals surface area contributed by atoms with Crippen LogP contribution in [0, 0.1) is 0 Å². The molecule has 8 heteroatoms. The summed E-state index contributed by atoms with van der Waals surface area (Å²) >= 11 is 0. The summed E-state index contributed by atoms with van der Waals surface area (Å²) < 4.78 is 5.39. The predicted molar refractivity (Wildman–Crippen MR) is 103 cm³/mol. The maximum Gasteiger partial charge on any atom is 0.272 e. The number of rotatable bonds is 3. The van der Waals surface area contributed by atoms with Crippen LogP contribution in [0.25, 0.3) is 11.3 Å². The van der Waals surface area contributed by atoms with E-state index in [2.05, 4.69) is 20.1 Å². The zero-order chi connectivity index (χ0) is 18.9. The highest BCUT2D eigenvalue weighted by Gasteiger charge is 2.28. The quantitative estimate of drug-likeness (QED) is 0.751. The van der Waals surface area contributed by atoms with Gasteiger partial charge in [-0.25, -0.2) is 9.97 Å². The van der Waals surface area contributed by atoms with E-state index in [4.69, 9.17) is 9.72 Å². The Morgan fingerprint density at radius 1 is 1.11 bits per heavy atom. The zero-order valence-electron chi connectivity index (χ0n) is 15.3. The van der Waals surface area contributed by atoms with Crippen molar-refractivity contribution in [3.05, 3.63) is 59.5 Å². The third-order valence-corrected chi connectivity index (χ3v) is 5.10. The van der Waals surface area contributed by atoms with E-state index in [0.717, 1.165) is 35.6 Å². The summed E-state index contributed by atoms with van der Waals surface area (Å²) in [5.41, 5.74) is 4.12. The summed E-state index contributed by atoms with van der Waals surface area (Å²) in [6.07, 6.45) is 1.84. The normalized spacial score (nSPS) is 16.3. The van der Waals surface area contributed by atoms with Gasteiger partial charge in [-0.05, 0) is 6.07 Å². The van der Waals surface area contributed by atoms with Crippen LogP contribution < -0.4 is 4.90 Å². The molecule has 3 aromatic rings. The summed E-state index contributed by atoms with van der Waals surface area (Å²) in [6.45, 7) is 3.95. The minimum absolute atomic E-state index is 0.0828. The van der Waals surface area contributed by atoms with Gasteiger partial charge in [-0.3, -0.25) is 9.89 Å². The summed E-state index contributed by atoms with van der Waals surface area (Å²) in [5, 5.41) is 7.16. The lowest BCUT2D eigenvalue weighted by Gasteiger charge is -2.26. The Kier molecular flexibility index (Phi) is 4.25. The van der Waals surface area contributed by atoms with Crippen molar-refractivity contribution < 1.29 is 9.53 Å². The van der Waals surface area contributed by atoms with Crippen molar-refractivity contribution in [1.29, 1.82) is 0 Å². The second-order valence-corrected chi connectivity index (χ2v) is 6.94. The fraction of sp³-hybridized carbons (Fsp3) is 0.300. The highest BCUT2D eigenvalue weighted by atomic mass is 16.5. The van der Waals surface area contributed by atoms with Crippen LogP contribution in [0.1, 0.15) is 21.7 Å². The molecule has 0 bridgehead atoms.